The number of rotatable bonds is 1. The topological polar surface area (TPSA) is 47.4 Å². The van der Waals surface area contributed by atoms with Gasteiger partial charge >= 0.3 is 6.03 Å². The molecule has 2 amide bonds. The first-order valence-electron chi connectivity index (χ1n) is 5.52. The number of urea groups is 1. The Bertz CT molecular complexity index is 205. The molecule has 14 heavy (non-hydrogen) atoms. The van der Waals surface area contributed by atoms with E-state index in [1.54, 1.807) is 4.90 Å². The zero-order chi connectivity index (χ0) is 9.97. The van der Waals surface area contributed by atoms with Crippen molar-refractivity contribution in [2.24, 2.45) is 0 Å². The highest BCUT2D eigenvalue weighted by Crippen LogP contribution is 2.24. The van der Waals surface area contributed by atoms with E-state index in [-0.39, 0.29) is 0 Å². The summed E-state index contributed by atoms with van der Waals surface area (Å²) in [6, 6.07) is 0.244. The molecule has 1 aliphatic carbocycles. The standard InChI is InChI=1S/C10H18N3O/c11-10(14)13-7-5-12(6-8-13)9-3-1-2-4-9/h9,11H,1-8H2. The van der Waals surface area contributed by atoms with Gasteiger partial charge in [0.05, 0.1) is 0 Å². The van der Waals surface area contributed by atoms with Gasteiger partial charge < -0.3 is 4.90 Å². The highest BCUT2D eigenvalue weighted by molar-refractivity contribution is 5.71. The molecule has 2 fully saturated rings. The van der Waals surface area contributed by atoms with Crippen LogP contribution in [0.3, 0.4) is 0 Å². The Morgan fingerprint density at radius 3 is 2.14 bits per heavy atom. The molecule has 2 rings (SSSR count). The number of hydrogen-bond donors (Lipinski definition) is 0. The van der Waals surface area contributed by atoms with E-state index in [0.717, 1.165) is 32.2 Å². The largest absolute Gasteiger partial charge is 0.336 e. The smallest absolute Gasteiger partial charge is 0.321 e. The molecule has 0 aromatic carbocycles. The van der Waals surface area contributed by atoms with Gasteiger partial charge in [-0.3, -0.25) is 4.90 Å². The number of piperazine rings is 1. The molecule has 0 spiro atoms. The lowest BCUT2D eigenvalue weighted by Gasteiger charge is -2.37. The molecule has 1 N–H and O–H groups in total. The first kappa shape index (κ1) is 9.77. The van der Waals surface area contributed by atoms with Gasteiger partial charge in [-0.15, -0.1) is 0 Å². The number of amides is 2. The van der Waals surface area contributed by atoms with Gasteiger partial charge in [-0.1, -0.05) is 12.8 Å². The van der Waals surface area contributed by atoms with Gasteiger partial charge in [0.2, 0.25) is 0 Å². The molecule has 1 radical (unpaired) electrons. The average molecular weight is 196 g/mol. The second kappa shape index (κ2) is 4.17. The van der Waals surface area contributed by atoms with Crippen molar-refractivity contribution in [1.29, 1.82) is 0 Å². The monoisotopic (exact) mass is 196 g/mol. The number of carbonyl (C=O) groups is 1. The van der Waals surface area contributed by atoms with Gasteiger partial charge in [0.1, 0.15) is 0 Å². The van der Waals surface area contributed by atoms with Crippen LogP contribution in [0, 0.1) is 0 Å². The molecular weight excluding hydrogens is 178 g/mol. The highest BCUT2D eigenvalue weighted by Gasteiger charge is 2.26. The normalized spacial score (nSPS) is 25.6. The first-order chi connectivity index (χ1) is 6.77. The molecule has 0 aromatic rings. The van der Waals surface area contributed by atoms with Crippen LogP contribution in [0.4, 0.5) is 4.79 Å². The van der Waals surface area contributed by atoms with Crippen molar-refractivity contribution >= 4 is 6.03 Å². The summed E-state index contributed by atoms with van der Waals surface area (Å²) in [5, 5.41) is 0. The van der Waals surface area contributed by atoms with Crippen molar-refractivity contribution in [3.63, 3.8) is 0 Å². The number of nitrogens with one attached hydrogen (secondary N) is 1. The summed E-state index contributed by atoms with van der Waals surface area (Å²) in [6.07, 6.45) is 5.38. The molecule has 0 bridgehead atoms. The minimum Gasteiger partial charge on any atom is -0.321 e. The van der Waals surface area contributed by atoms with E-state index in [2.05, 4.69) is 4.90 Å². The Balaban J connectivity index is 1.80. The van der Waals surface area contributed by atoms with Crippen molar-refractivity contribution < 1.29 is 4.79 Å². The molecule has 79 valence electrons. The Morgan fingerprint density at radius 2 is 1.64 bits per heavy atom. The number of carbonyl (C=O) groups excluding carboxylic acids is 1. The van der Waals surface area contributed by atoms with E-state index >= 15 is 0 Å². The van der Waals surface area contributed by atoms with Gasteiger partial charge in [-0.25, -0.2) is 10.5 Å². The molecule has 0 unspecified atom stereocenters. The van der Waals surface area contributed by atoms with Crippen LogP contribution in [0.5, 0.6) is 0 Å². The Labute approximate surface area is 85.0 Å². The van der Waals surface area contributed by atoms with E-state index < -0.39 is 6.03 Å². The predicted molar refractivity (Wildman–Crippen MR) is 53.9 cm³/mol. The Hall–Kier alpha value is -0.770. The fourth-order valence-corrected chi connectivity index (χ4v) is 2.56. The van der Waals surface area contributed by atoms with Crippen LogP contribution in [0.15, 0.2) is 0 Å². The van der Waals surface area contributed by atoms with Crippen molar-refractivity contribution in [3.8, 4) is 0 Å². The van der Waals surface area contributed by atoms with E-state index in [1.807, 2.05) is 0 Å². The fourth-order valence-electron chi connectivity index (χ4n) is 2.56. The molecule has 0 atom stereocenters. The van der Waals surface area contributed by atoms with Crippen molar-refractivity contribution in [3.05, 3.63) is 0 Å². The van der Waals surface area contributed by atoms with E-state index in [4.69, 9.17) is 5.73 Å². The summed E-state index contributed by atoms with van der Waals surface area (Å²) in [5.41, 5.74) is 7.02. The van der Waals surface area contributed by atoms with E-state index in [9.17, 15) is 4.79 Å². The van der Waals surface area contributed by atoms with Gasteiger partial charge in [0.15, 0.2) is 0 Å². The van der Waals surface area contributed by atoms with Crippen LogP contribution in [0.2, 0.25) is 0 Å². The Morgan fingerprint density at radius 1 is 1.07 bits per heavy atom. The summed E-state index contributed by atoms with van der Waals surface area (Å²) in [4.78, 5) is 14.9. The van der Waals surface area contributed by atoms with Crippen molar-refractivity contribution in [2.45, 2.75) is 31.7 Å². The quantitative estimate of drug-likeness (QED) is 0.627. The highest BCUT2D eigenvalue weighted by atomic mass is 16.2. The third kappa shape index (κ3) is 2.00. The molecule has 1 saturated heterocycles. The Kier molecular flexibility index (Phi) is 2.91. The third-order valence-corrected chi connectivity index (χ3v) is 3.44. The molecule has 1 heterocycles. The van der Waals surface area contributed by atoms with Crippen molar-refractivity contribution in [2.75, 3.05) is 26.2 Å². The van der Waals surface area contributed by atoms with Crippen molar-refractivity contribution in [1.82, 2.24) is 15.5 Å². The third-order valence-electron chi connectivity index (χ3n) is 3.44. The molecule has 0 aromatic heterocycles. The summed E-state index contributed by atoms with van der Waals surface area (Å²) in [6.45, 7) is 3.43. The molecular formula is C10H18N3O. The maximum atomic E-state index is 10.8. The summed E-state index contributed by atoms with van der Waals surface area (Å²) in [7, 11) is 0. The minimum atomic E-state index is -0.518. The van der Waals surface area contributed by atoms with Gasteiger partial charge in [-0.2, -0.15) is 0 Å². The number of hydrogen-bond acceptors (Lipinski definition) is 2. The maximum absolute atomic E-state index is 10.8. The van der Waals surface area contributed by atoms with Gasteiger partial charge in [-0.05, 0) is 12.8 Å². The number of nitrogens with zero attached hydrogens (tertiary/aromatic N) is 2. The molecule has 2 aliphatic rings. The lowest BCUT2D eigenvalue weighted by Crippen LogP contribution is -2.51. The maximum Gasteiger partial charge on any atom is 0.336 e. The molecule has 4 nitrogen and oxygen atoms in total. The van der Waals surface area contributed by atoms with E-state index in [0.29, 0.717) is 0 Å². The lowest BCUT2D eigenvalue weighted by molar-refractivity contribution is 0.112. The molecule has 1 saturated carbocycles. The summed E-state index contributed by atoms with van der Waals surface area (Å²) < 4.78 is 0. The van der Waals surface area contributed by atoms with Crippen LogP contribution in [0.1, 0.15) is 25.7 Å². The lowest BCUT2D eigenvalue weighted by atomic mass is 10.2. The van der Waals surface area contributed by atoms with Gasteiger partial charge in [0, 0.05) is 32.2 Å². The van der Waals surface area contributed by atoms with Crippen LogP contribution >= 0.6 is 0 Å². The second-order valence-electron chi connectivity index (χ2n) is 4.27. The zero-order valence-corrected chi connectivity index (χ0v) is 8.54. The molecule has 1 aliphatic heterocycles. The van der Waals surface area contributed by atoms with Gasteiger partial charge in [0.25, 0.3) is 0 Å². The summed E-state index contributed by atoms with van der Waals surface area (Å²) >= 11 is 0. The van der Waals surface area contributed by atoms with E-state index in [1.165, 1.54) is 25.7 Å². The minimum absolute atomic E-state index is 0.518. The SMILES string of the molecule is [NH]C(=O)N1CCN(C2CCCC2)CC1. The van der Waals surface area contributed by atoms with Crippen LogP contribution in [-0.2, 0) is 0 Å². The fraction of sp³-hybridized carbons (Fsp3) is 0.900. The first-order valence-corrected chi connectivity index (χ1v) is 5.52. The van der Waals surface area contributed by atoms with Crippen LogP contribution in [-0.4, -0.2) is 48.1 Å². The zero-order valence-electron chi connectivity index (χ0n) is 8.54. The second-order valence-corrected chi connectivity index (χ2v) is 4.27. The average Bonchev–Trinajstić information content (AvgIpc) is 2.71. The summed E-state index contributed by atoms with van der Waals surface area (Å²) in [5.74, 6) is 0. The van der Waals surface area contributed by atoms with Crippen LogP contribution < -0.4 is 5.73 Å². The predicted octanol–water partition coefficient (Wildman–Crippen LogP) is 0.949. The molecule has 4 heteroatoms. The van der Waals surface area contributed by atoms with Crippen LogP contribution in [0.25, 0.3) is 0 Å².